The van der Waals surface area contributed by atoms with Crippen molar-refractivity contribution in [3.05, 3.63) is 54.2 Å². The van der Waals surface area contributed by atoms with E-state index in [1.54, 1.807) is 24.4 Å². The number of anilines is 3. The first-order valence-electron chi connectivity index (χ1n) is 6.75. The summed E-state index contributed by atoms with van der Waals surface area (Å²) in [5, 5.41) is 13.5. The highest BCUT2D eigenvalue weighted by Crippen LogP contribution is 2.33. The van der Waals surface area contributed by atoms with Gasteiger partial charge in [-0.05, 0) is 35.9 Å². The molecule has 0 radical (unpaired) electrons. The largest absolute Gasteiger partial charge is 0.507 e. The number of hydrogen-bond donors (Lipinski definition) is 4. The minimum absolute atomic E-state index is 0.0812. The summed E-state index contributed by atoms with van der Waals surface area (Å²) in [5.74, 6) is -0.814. The first kappa shape index (κ1) is 14.9. The molecule has 0 spiro atoms. The van der Waals surface area contributed by atoms with E-state index in [0.717, 1.165) is 16.1 Å². The highest BCUT2D eigenvalue weighted by Gasteiger charge is 2.11. The maximum absolute atomic E-state index is 11.3. The first-order valence-corrected chi connectivity index (χ1v) is 7.57. The van der Waals surface area contributed by atoms with Crippen molar-refractivity contribution in [2.75, 3.05) is 11.1 Å². The van der Waals surface area contributed by atoms with Crippen LogP contribution in [0.3, 0.4) is 0 Å². The number of rotatable bonds is 4. The second-order valence-electron chi connectivity index (χ2n) is 4.84. The van der Waals surface area contributed by atoms with Crippen LogP contribution < -0.4 is 16.8 Å². The number of primary amides is 1. The van der Waals surface area contributed by atoms with Crippen LogP contribution in [0.1, 0.15) is 10.4 Å². The summed E-state index contributed by atoms with van der Waals surface area (Å²) in [6, 6.07) is 12.1. The zero-order valence-electron chi connectivity index (χ0n) is 12.0. The van der Waals surface area contributed by atoms with Gasteiger partial charge in [0.2, 0.25) is 0 Å². The summed E-state index contributed by atoms with van der Waals surface area (Å²) in [4.78, 5) is 16.4. The van der Waals surface area contributed by atoms with Crippen LogP contribution in [0.4, 0.5) is 16.5 Å². The fourth-order valence-electron chi connectivity index (χ4n) is 2.08. The summed E-state index contributed by atoms with van der Waals surface area (Å²) in [6.45, 7) is 0. The van der Waals surface area contributed by atoms with E-state index >= 15 is 0 Å². The average molecular weight is 326 g/mol. The van der Waals surface area contributed by atoms with Crippen molar-refractivity contribution >= 4 is 33.8 Å². The van der Waals surface area contributed by atoms with Crippen LogP contribution in [0, 0.1) is 0 Å². The molecule has 7 heteroatoms. The molecule has 1 amide bonds. The molecule has 0 aliphatic rings. The molecular weight excluding hydrogens is 312 g/mol. The minimum atomic E-state index is -0.677. The molecule has 3 rings (SSSR count). The highest BCUT2D eigenvalue weighted by molar-refractivity contribution is 7.19. The second-order valence-corrected chi connectivity index (χ2v) is 5.87. The number of carbonyl (C=O) groups excluding carboxylic acids is 1. The van der Waals surface area contributed by atoms with Crippen LogP contribution in [0.5, 0.6) is 5.75 Å². The summed E-state index contributed by atoms with van der Waals surface area (Å²) >= 11 is 1.40. The van der Waals surface area contributed by atoms with Crippen molar-refractivity contribution in [2.24, 2.45) is 5.73 Å². The normalized spacial score (nSPS) is 10.4. The summed E-state index contributed by atoms with van der Waals surface area (Å²) < 4.78 is 0. The Morgan fingerprint density at radius 3 is 2.74 bits per heavy atom. The van der Waals surface area contributed by atoms with Crippen LogP contribution in [-0.4, -0.2) is 16.0 Å². The topological polar surface area (TPSA) is 114 Å². The van der Waals surface area contributed by atoms with E-state index in [1.807, 2.05) is 18.2 Å². The van der Waals surface area contributed by atoms with Crippen molar-refractivity contribution < 1.29 is 9.90 Å². The van der Waals surface area contributed by atoms with E-state index in [9.17, 15) is 9.90 Å². The number of nitrogens with one attached hydrogen (secondary N) is 1. The predicted molar refractivity (Wildman–Crippen MR) is 91.9 cm³/mol. The van der Waals surface area contributed by atoms with Crippen LogP contribution in [0.25, 0.3) is 10.4 Å². The Bertz CT molecular complexity index is 876. The molecule has 0 saturated carbocycles. The van der Waals surface area contributed by atoms with Crippen molar-refractivity contribution in [1.29, 1.82) is 0 Å². The van der Waals surface area contributed by atoms with Crippen molar-refractivity contribution in [1.82, 2.24) is 4.98 Å². The zero-order valence-corrected chi connectivity index (χ0v) is 12.8. The number of phenols is 1. The van der Waals surface area contributed by atoms with Gasteiger partial charge in [-0.2, -0.15) is 0 Å². The SMILES string of the molecule is NC(=O)c1cc(-c2cnc(Nc3ccccc3N)s2)ccc1O. The Labute approximate surface area is 136 Å². The fraction of sp³-hybridized carbons (Fsp3) is 0. The molecule has 6 N–H and O–H groups in total. The Morgan fingerprint density at radius 1 is 1.22 bits per heavy atom. The molecule has 116 valence electrons. The number of para-hydroxylation sites is 2. The molecule has 2 aromatic carbocycles. The van der Waals surface area contributed by atoms with Crippen LogP contribution in [0.2, 0.25) is 0 Å². The van der Waals surface area contributed by atoms with Gasteiger partial charge in [-0.3, -0.25) is 4.79 Å². The standard InChI is InChI=1S/C16H14N4O2S/c17-11-3-1-2-4-12(11)20-16-19-8-14(23-16)9-5-6-13(21)10(7-9)15(18)22/h1-8,21H,17H2,(H2,18,22)(H,19,20). The monoisotopic (exact) mass is 326 g/mol. The van der Waals surface area contributed by atoms with Crippen molar-refractivity contribution in [3.8, 4) is 16.2 Å². The van der Waals surface area contributed by atoms with Gasteiger partial charge >= 0.3 is 0 Å². The minimum Gasteiger partial charge on any atom is -0.507 e. The van der Waals surface area contributed by atoms with Crippen molar-refractivity contribution in [2.45, 2.75) is 0 Å². The van der Waals surface area contributed by atoms with E-state index in [-0.39, 0.29) is 11.3 Å². The number of carbonyl (C=O) groups is 1. The van der Waals surface area contributed by atoms with Crippen LogP contribution >= 0.6 is 11.3 Å². The van der Waals surface area contributed by atoms with E-state index < -0.39 is 5.91 Å². The molecule has 0 saturated heterocycles. The molecule has 1 heterocycles. The quantitative estimate of drug-likeness (QED) is 0.550. The summed E-state index contributed by atoms with van der Waals surface area (Å²) in [5.41, 5.74) is 13.4. The second kappa shape index (κ2) is 5.98. The number of aromatic hydroxyl groups is 1. The molecule has 0 fully saturated rings. The van der Waals surface area contributed by atoms with Gasteiger partial charge in [0.25, 0.3) is 5.91 Å². The van der Waals surface area contributed by atoms with Gasteiger partial charge in [0.05, 0.1) is 21.8 Å². The van der Waals surface area contributed by atoms with Crippen LogP contribution in [0.15, 0.2) is 48.7 Å². The number of amides is 1. The van der Waals surface area contributed by atoms with Gasteiger partial charge in [-0.1, -0.05) is 23.5 Å². The van der Waals surface area contributed by atoms with Crippen LogP contribution in [-0.2, 0) is 0 Å². The lowest BCUT2D eigenvalue weighted by Gasteiger charge is -2.05. The lowest BCUT2D eigenvalue weighted by Crippen LogP contribution is -2.11. The van der Waals surface area contributed by atoms with Gasteiger partial charge in [0.15, 0.2) is 5.13 Å². The smallest absolute Gasteiger partial charge is 0.252 e. The molecular formula is C16H14N4O2S. The molecule has 0 aliphatic heterocycles. The van der Waals surface area contributed by atoms with Crippen molar-refractivity contribution in [3.63, 3.8) is 0 Å². The van der Waals surface area contributed by atoms with Gasteiger partial charge in [-0.25, -0.2) is 4.98 Å². The third-order valence-corrected chi connectivity index (χ3v) is 4.22. The first-order chi connectivity index (χ1) is 11.0. The van der Waals surface area contributed by atoms with Gasteiger partial charge < -0.3 is 21.9 Å². The fourth-order valence-corrected chi connectivity index (χ4v) is 2.90. The number of nitrogens with two attached hydrogens (primary N) is 2. The lowest BCUT2D eigenvalue weighted by atomic mass is 10.1. The number of aromatic nitrogens is 1. The highest BCUT2D eigenvalue weighted by atomic mass is 32.1. The number of nitrogen functional groups attached to an aromatic ring is 1. The molecule has 0 bridgehead atoms. The number of benzene rings is 2. The molecule has 1 aromatic heterocycles. The maximum atomic E-state index is 11.3. The molecule has 0 unspecified atom stereocenters. The van der Waals surface area contributed by atoms with E-state index in [2.05, 4.69) is 10.3 Å². The average Bonchev–Trinajstić information content (AvgIpc) is 2.98. The van der Waals surface area contributed by atoms with E-state index in [4.69, 9.17) is 11.5 Å². The third kappa shape index (κ3) is 3.09. The molecule has 3 aromatic rings. The van der Waals surface area contributed by atoms with Gasteiger partial charge in [-0.15, -0.1) is 0 Å². The van der Waals surface area contributed by atoms with E-state index in [0.29, 0.717) is 10.8 Å². The predicted octanol–water partition coefficient (Wildman–Crippen LogP) is 2.94. The maximum Gasteiger partial charge on any atom is 0.252 e. The Morgan fingerprint density at radius 2 is 2.00 bits per heavy atom. The zero-order chi connectivity index (χ0) is 16.4. The molecule has 23 heavy (non-hydrogen) atoms. The Balaban J connectivity index is 1.89. The van der Waals surface area contributed by atoms with E-state index in [1.165, 1.54) is 17.4 Å². The third-order valence-electron chi connectivity index (χ3n) is 3.25. The molecule has 0 atom stereocenters. The van der Waals surface area contributed by atoms with Gasteiger partial charge in [0, 0.05) is 6.20 Å². The number of hydrogen-bond acceptors (Lipinski definition) is 6. The number of nitrogens with zero attached hydrogens (tertiary/aromatic N) is 1. The van der Waals surface area contributed by atoms with Gasteiger partial charge in [0.1, 0.15) is 5.75 Å². The number of thiazole rings is 1. The molecule has 6 nitrogen and oxygen atoms in total. The summed E-state index contributed by atoms with van der Waals surface area (Å²) in [7, 11) is 0. The summed E-state index contributed by atoms with van der Waals surface area (Å²) in [6.07, 6.45) is 1.68. The lowest BCUT2D eigenvalue weighted by molar-refractivity contribution is 0.0998. The Hall–Kier alpha value is -3.06. The Kier molecular flexibility index (Phi) is 3.86. The molecule has 0 aliphatic carbocycles.